The van der Waals surface area contributed by atoms with Crippen LogP contribution < -0.4 is 0 Å². The number of carbonyl (C=O) groups excluding carboxylic acids is 3. The van der Waals surface area contributed by atoms with Gasteiger partial charge >= 0.3 is 17.9 Å². The largest absolute Gasteiger partial charge is 0.462 e. The number of esters is 3. The van der Waals surface area contributed by atoms with Gasteiger partial charge in [-0.25, -0.2) is 0 Å². The lowest BCUT2D eigenvalue weighted by Gasteiger charge is -2.18. The topological polar surface area (TPSA) is 78.9 Å². The molecular weight excluding hydrogens is 949 g/mol. The molecule has 1 unspecified atom stereocenters. The van der Waals surface area contributed by atoms with Crippen LogP contribution in [-0.4, -0.2) is 37.2 Å². The molecule has 0 aromatic heterocycles. The third-order valence-corrected chi connectivity index (χ3v) is 12.8. The van der Waals surface area contributed by atoms with Crippen LogP contribution in [0.25, 0.3) is 0 Å². The van der Waals surface area contributed by atoms with Gasteiger partial charge < -0.3 is 14.2 Å². The number of hydrogen-bond acceptors (Lipinski definition) is 6. The molecule has 77 heavy (non-hydrogen) atoms. The highest BCUT2D eigenvalue weighted by atomic mass is 16.6. The molecule has 0 aliphatic heterocycles. The molecule has 0 aromatic rings. The van der Waals surface area contributed by atoms with Crippen LogP contribution >= 0.6 is 0 Å². The van der Waals surface area contributed by atoms with Gasteiger partial charge in [0.05, 0.1) is 0 Å². The van der Waals surface area contributed by atoms with Crippen LogP contribution in [0.5, 0.6) is 0 Å². The lowest BCUT2D eigenvalue weighted by molar-refractivity contribution is -0.167. The predicted octanol–water partition coefficient (Wildman–Crippen LogP) is 21.5. The molecule has 0 saturated carbocycles. The molecule has 0 rings (SSSR count). The maximum atomic E-state index is 12.9. The smallest absolute Gasteiger partial charge is 0.306 e. The highest BCUT2D eigenvalue weighted by Crippen LogP contribution is 2.14. The first-order valence-corrected chi connectivity index (χ1v) is 31.3. The Labute approximate surface area is 474 Å². The molecule has 0 aliphatic carbocycles. The molecule has 0 spiro atoms. The lowest BCUT2D eigenvalue weighted by Crippen LogP contribution is -2.30. The van der Waals surface area contributed by atoms with Gasteiger partial charge in [-0.3, -0.25) is 14.4 Å². The van der Waals surface area contributed by atoms with Gasteiger partial charge in [0.1, 0.15) is 13.2 Å². The molecular formula is C71H114O6. The quantitative estimate of drug-likeness (QED) is 0.0261. The van der Waals surface area contributed by atoms with E-state index in [1.165, 1.54) is 70.6 Å². The van der Waals surface area contributed by atoms with Crippen molar-refractivity contribution in [3.8, 4) is 0 Å². The summed E-state index contributed by atoms with van der Waals surface area (Å²) in [6.45, 7) is 6.35. The summed E-state index contributed by atoms with van der Waals surface area (Å²) in [4.78, 5) is 38.3. The van der Waals surface area contributed by atoms with Crippen LogP contribution in [0, 0.1) is 0 Å². The van der Waals surface area contributed by atoms with E-state index < -0.39 is 6.10 Å². The highest BCUT2D eigenvalue weighted by molar-refractivity contribution is 5.71. The maximum Gasteiger partial charge on any atom is 0.306 e. The molecule has 0 aromatic carbocycles. The van der Waals surface area contributed by atoms with Crippen molar-refractivity contribution >= 4 is 17.9 Å². The van der Waals surface area contributed by atoms with Gasteiger partial charge in [-0.1, -0.05) is 250 Å². The Morgan fingerprint density at radius 3 is 0.818 bits per heavy atom. The van der Waals surface area contributed by atoms with Crippen molar-refractivity contribution in [3.05, 3.63) is 146 Å². The Morgan fingerprint density at radius 1 is 0.273 bits per heavy atom. The van der Waals surface area contributed by atoms with Crippen molar-refractivity contribution in [1.82, 2.24) is 0 Å². The molecule has 0 radical (unpaired) electrons. The van der Waals surface area contributed by atoms with Crippen molar-refractivity contribution in [3.63, 3.8) is 0 Å². The fraction of sp³-hybridized carbons (Fsp3) is 0.620. The summed E-state index contributed by atoms with van der Waals surface area (Å²) in [5.41, 5.74) is 0. The van der Waals surface area contributed by atoms with Crippen molar-refractivity contribution in [2.24, 2.45) is 0 Å². The van der Waals surface area contributed by atoms with Crippen molar-refractivity contribution in [2.45, 2.75) is 271 Å². The summed E-state index contributed by atoms with van der Waals surface area (Å²) in [7, 11) is 0. The SMILES string of the molecule is CC/C=C\C/C=C\C/C=C\C/C=C\C/C=C\C/C=C\CCCCC(=O)OC(COC(=O)CCCCCCC/C=C\C/C=C\C/C=C\CC)COC(=O)CCCCCCCCCC/C=C\C/C=C\C/C=C\CCCCCCC. The minimum Gasteiger partial charge on any atom is -0.462 e. The second kappa shape index (κ2) is 63.8. The fourth-order valence-electron chi connectivity index (χ4n) is 8.17. The van der Waals surface area contributed by atoms with Crippen LogP contribution in [0.2, 0.25) is 0 Å². The van der Waals surface area contributed by atoms with Crippen molar-refractivity contribution < 1.29 is 28.6 Å². The van der Waals surface area contributed by atoms with E-state index in [9.17, 15) is 14.4 Å². The van der Waals surface area contributed by atoms with E-state index in [0.29, 0.717) is 19.3 Å². The Morgan fingerprint density at radius 2 is 0.506 bits per heavy atom. The van der Waals surface area contributed by atoms with E-state index in [1.54, 1.807) is 0 Å². The minimum absolute atomic E-state index is 0.111. The molecule has 0 aliphatic rings. The summed E-state index contributed by atoms with van der Waals surface area (Å²) < 4.78 is 16.9. The van der Waals surface area contributed by atoms with Gasteiger partial charge in [-0.05, 0) is 141 Å². The first-order chi connectivity index (χ1) is 38.0. The van der Waals surface area contributed by atoms with Gasteiger partial charge in [0, 0.05) is 19.3 Å². The fourth-order valence-corrected chi connectivity index (χ4v) is 8.17. The van der Waals surface area contributed by atoms with Gasteiger partial charge in [0.25, 0.3) is 0 Å². The van der Waals surface area contributed by atoms with Gasteiger partial charge in [0.2, 0.25) is 0 Å². The van der Waals surface area contributed by atoms with E-state index in [4.69, 9.17) is 14.2 Å². The highest BCUT2D eigenvalue weighted by Gasteiger charge is 2.19. The zero-order valence-corrected chi connectivity index (χ0v) is 49.7. The van der Waals surface area contributed by atoms with Crippen molar-refractivity contribution in [1.29, 1.82) is 0 Å². The van der Waals surface area contributed by atoms with Crippen LogP contribution in [0.1, 0.15) is 265 Å². The van der Waals surface area contributed by atoms with E-state index in [2.05, 4.69) is 167 Å². The molecule has 0 amide bonds. The van der Waals surface area contributed by atoms with Gasteiger partial charge in [0.15, 0.2) is 6.10 Å². The Kier molecular flexibility index (Phi) is 59.9. The first-order valence-electron chi connectivity index (χ1n) is 31.3. The zero-order chi connectivity index (χ0) is 55.7. The van der Waals surface area contributed by atoms with Crippen LogP contribution in [0.15, 0.2) is 146 Å². The summed E-state index contributed by atoms with van der Waals surface area (Å²) in [5, 5.41) is 0. The van der Waals surface area contributed by atoms with Crippen LogP contribution in [-0.2, 0) is 28.6 Å². The Balaban J connectivity index is 4.50. The van der Waals surface area contributed by atoms with E-state index in [0.717, 1.165) is 148 Å². The van der Waals surface area contributed by atoms with Crippen LogP contribution in [0.3, 0.4) is 0 Å². The number of ether oxygens (including phenoxy) is 3. The zero-order valence-electron chi connectivity index (χ0n) is 49.7. The normalized spacial score (nSPS) is 13.1. The summed E-state index contributed by atoms with van der Waals surface area (Å²) in [6, 6.07) is 0. The standard InChI is InChI=1S/C71H114O6/c1-4-7-10-13-16-19-22-25-28-30-32-34-35-37-38-40-43-46-49-52-55-58-61-64-70(73)76-67-68(66-75-69(72)63-60-57-54-51-48-45-42-27-24-21-18-15-12-9-6-3)77-71(74)65-62-59-56-53-50-47-44-41-39-36-33-31-29-26-23-20-17-14-11-8-5-2/h8-9,11-12,17-18,20-22,25-27,29-30,32-33,35-37,41-42,44,50,53,68H,4-7,10,13-16,19,23-24,28,31,34,38-40,43,45-49,51-52,54-67H2,1-3H3/b11-8-,12-9-,20-17-,21-18-,25-22-,29-26-,32-30-,36-33-,37-35-,42-27-,44-41-,53-50-. The minimum atomic E-state index is -0.820. The second-order valence-electron chi connectivity index (χ2n) is 20.2. The molecule has 6 nitrogen and oxygen atoms in total. The number of allylic oxidation sites excluding steroid dienone is 24. The third kappa shape index (κ3) is 62.0. The third-order valence-electron chi connectivity index (χ3n) is 12.8. The molecule has 6 heteroatoms. The number of unbranched alkanes of at least 4 members (excludes halogenated alkanes) is 20. The van der Waals surface area contributed by atoms with Gasteiger partial charge in [-0.2, -0.15) is 0 Å². The monoisotopic (exact) mass is 1060 g/mol. The van der Waals surface area contributed by atoms with Crippen molar-refractivity contribution in [2.75, 3.05) is 13.2 Å². The number of carbonyl (C=O) groups is 3. The number of hydrogen-bond donors (Lipinski definition) is 0. The predicted molar refractivity (Wildman–Crippen MR) is 334 cm³/mol. The molecule has 0 saturated heterocycles. The average Bonchev–Trinajstić information content (AvgIpc) is 3.43. The van der Waals surface area contributed by atoms with E-state index >= 15 is 0 Å². The maximum absolute atomic E-state index is 12.9. The van der Waals surface area contributed by atoms with E-state index in [-0.39, 0.29) is 37.5 Å². The molecule has 434 valence electrons. The molecule has 0 heterocycles. The molecule has 0 N–H and O–H groups in total. The summed E-state index contributed by atoms with van der Waals surface area (Å²) >= 11 is 0. The van der Waals surface area contributed by atoms with Crippen LogP contribution in [0.4, 0.5) is 0 Å². The Hall–Kier alpha value is -4.71. The summed E-state index contributed by atoms with van der Waals surface area (Å²) in [5.74, 6) is -0.981. The lowest BCUT2D eigenvalue weighted by atomic mass is 10.1. The average molecular weight is 1060 g/mol. The second-order valence-corrected chi connectivity index (χ2v) is 20.2. The summed E-state index contributed by atoms with van der Waals surface area (Å²) in [6.07, 6.45) is 91.3. The molecule has 0 bridgehead atoms. The molecule has 1 atom stereocenters. The first kappa shape index (κ1) is 72.3. The Bertz CT molecular complexity index is 1700. The van der Waals surface area contributed by atoms with Gasteiger partial charge in [-0.15, -0.1) is 0 Å². The molecule has 0 fully saturated rings. The van der Waals surface area contributed by atoms with E-state index in [1.807, 2.05) is 0 Å². The number of rotatable bonds is 55.